The SMILES string of the molecule is Cc1[nH]ncc1CCCNS(=O)(=O)c1cccnc1CN. The van der Waals surface area contributed by atoms with Crippen molar-refractivity contribution in [1.29, 1.82) is 0 Å². The van der Waals surface area contributed by atoms with Crippen LogP contribution in [0.5, 0.6) is 0 Å². The van der Waals surface area contributed by atoms with Crippen molar-refractivity contribution in [3.05, 3.63) is 41.5 Å². The first-order valence-corrected chi connectivity index (χ1v) is 8.15. The molecule has 4 N–H and O–H groups in total. The molecule has 2 aromatic rings. The topological polar surface area (TPSA) is 114 Å². The maximum absolute atomic E-state index is 12.2. The lowest BCUT2D eigenvalue weighted by molar-refractivity contribution is 0.577. The van der Waals surface area contributed by atoms with Crippen molar-refractivity contribution in [2.24, 2.45) is 5.73 Å². The van der Waals surface area contributed by atoms with Gasteiger partial charge in [-0.25, -0.2) is 13.1 Å². The Morgan fingerprint density at radius 2 is 2.24 bits per heavy atom. The van der Waals surface area contributed by atoms with E-state index in [1.165, 1.54) is 12.3 Å². The molecule has 0 aliphatic carbocycles. The van der Waals surface area contributed by atoms with Gasteiger partial charge in [-0.05, 0) is 37.5 Å². The molecular weight excluding hydrogens is 290 g/mol. The summed E-state index contributed by atoms with van der Waals surface area (Å²) in [6.07, 6.45) is 4.75. The summed E-state index contributed by atoms with van der Waals surface area (Å²) in [7, 11) is -3.57. The normalized spacial score (nSPS) is 11.7. The number of aromatic nitrogens is 3. The van der Waals surface area contributed by atoms with E-state index in [2.05, 4.69) is 19.9 Å². The van der Waals surface area contributed by atoms with E-state index >= 15 is 0 Å². The number of nitrogens with one attached hydrogen (secondary N) is 2. The predicted molar refractivity (Wildman–Crippen MR) is 79.0 cm³/mol. The maximum atomic E-state index is 12.2. The molecule has 7 nitrogen and oxygen atoms in total. The minimum Gasteiger partial charge on any atom is -0.325 e. The minimum absolute atomic E-state index is 0.0886. The molecule has 0 bridgehead atoms. The lowest BCUT2D eigenvalue weighted by Gasteiger charge is -2.09. The summed E-state index contributed by atoms with van der Waals surface area (Å²) in [5.74, 6) is 0. The summed E-state index contributed by atoms with van der Waals surface area (Å²) in [5, 5.41) is 6.79. The molecule has 0 radical (unpaired) electrons. The van der Waals surface area contributed by atoms with E-state index < -0.39 is 10.0 Å². The lowest BCUT2D eigenvalue weighted by Crippen LogP contribution is -2.27. The fourth-order valence-corrected chi connectivity index (χ4v) is 3.28. The van der Waals surface area contributed by atoms with Crippen molar-refractivity contribution < 1.29 is 8.42 Å². The number of pyridine rings is 1. The van der Waals surface area contributed by atoms with Crippen LogP contribution < -0.4 is 10.5 Å². The van der Waals surface area contributed by atoms with E-state index in [9.17, 15) is 8.42 Å². The number of hydrogen-bond acceptors (Lipinski definition) is 5. The third kappa shape index (κ3) is 3.87. The highest BCUT2D eigenvalue weighted by molar-refractivity contribution is 7.89. The van der Waals surface area contributed by atoms with Gasteiger partial charge in [0.05, 0.1) is 11.9 Å². The average Bonchev–Trinajstić information content (AvgIpc) is 2.89. The van der Waals surface area contributed by atoms with E-state index in [1.54, 1.807) is 12.3 Å². The first kappa shape index (κ1) is 15.6. The zero-order valence-electron chi connectivity index (χ0n) is 11.8. The molecule has 0 atom stereocenters. The number of rotatable bonds is 7. The van der Waals surface area contributed by atoms with Crippen LogP contribution in [0.15, 0.2) is 29.4 Å². The lowest BCUT2D eigenvalue weighted by atomic mass is 10.1. The van der Waals surface area contributed by atoms with Crippen LogP contribution in [0, 0.1) is 6.92 Å². The number of sulfonamides is 1. The second kappa shape index (κ2) is 6.79. The van der Waals surface area contributed by atoms with Crippen LogP contribution in [0.1, 0.15) is 23.4 Å². The van der Waals surface area contributed by atoms with Gasteiger partial charge in [0.25, 0.3) is 0 Å². The minimum atomic E-state index is -3.57. The number of nitrogens with two attached hydrogens (primary N) is 1. The van der Waals surface area contributed by atoms with Crippen molar-refractivity contribution in [1.82, 2.24) is 19.9 Å². The predicted octanol–water partition coefficient (Wildman–Crippen LogP) is 0.483. The monoisotopic (exact) mass is 309 g/mol. The van der Waals surface area contributed by atoms with Gasteiger partial charge in [-0.3, -0.25) is 10.1 Å². The third-order valence-corrected chi connectivity index (χ3v) is 4.72. The highest BCUT2D eigenvalue weighted by atomic mass is 32.2. The molecule has 0 aliphatic heterocycles. The first-order valence-electron chi connectivity index (χ1n) is 6.67. The van der Waals surface area contributed by atoms with Crippen LogP contribution in [0.2, 0.25) is 0 Å². The van der Waals surface area contributed by atoms with Gasteiger partial charge in [0.15, 0.2) is 0 Å². The van der Waals surface area contributed by atoms with Crippen LogP contribution in [0.25, 0.3) is 0 Å². The quantitative estimate of drug-likeness (QED) is 0.644. The summed E-state index contributed by atoms with van der Waals surface area (Å²) >= 11 is 0. The smallest absolute Gasteiger partial charge is 0.242 e. The number of H-pyrrole nitrogens is 1. The van der Waals surface area contributed by atoms with Crippen LogP contribution in [-0.4, -0.2) is 30.1 Å². The highest BCUT2D eigenvalue weighted by Crippen LogP contribution is 2.12. The molecular formula is C13H19N5O2S. The fourth-order valence-electron chi connectivity index (χ4n) is 2.01. The number of aromatic amines is 1. The molecule has 2 heterocycles. The summed E-state index contributed by atoms with van der Waals surface area (Å²) in [5.41, 5.74) is 7.99. The van der Waals surface area contributed by atoms with E-state index in [4.69, 9.17) is 5.73 Å². The van der Waals surface area contributed by atoms with Crippen LogP contribution in [0.3, 0.4) is 0 Å². The van der Waals surface area contributed by atoms with Gasteiger partial charge in [0.1, 0.15) is 4.90 Å². The van der Waals surface area contributed by atoms with Gasteiger partial charge in [-0.15, -0.1) is 0 Å². The summed E-state index contributed by atoms with van der Waals surface area (Å²) in [6, 6.07) is 3.10. The Morgan fingerprint density at radius 1 is 1.43 bits per heavy atom. The van der Waals surface area contributed by atoms with Crippen molar-refractivity contribution in [3.8, 4) is 0 Å². The molecule has 8 heteroatoms. The molecule has 0 aromatic carbocycles. The Labute approximate surface area is 124 Å². The van der Waals surface area contributed by atoms with Crippen molar-refractivity contribution in [2.75, 3.05) is 6.54 Å². The van der Waals surface area contributed by atoms with Gasteiger partial charge in [-0.2, -0.15) is 5.10 Å². The van der Waals surface area contributed by atoms with Crippen molar-refractivity contribution in [3.63, 3.8) is 0 Å². The molecule has 0 saturated heterocycles. The van der Waals surface area contributed by atoms with Crippen LogP contribution in [-0.2, 0) is 23.0 Å². The number of nitrogens with zero attached hydrogens (tertiary/aromatic N) is 2. The van der Waals surface area contributed by atoms with Gasteiger partial charge in [0.2, 0.25) is 10.0 Å². The maximum Gasteiger partial charge on any atom is 0.242 e. The molecule has 2 aromatic heterocycles. The molecule has 21 heavy (non-hydrogen) atoms. The number of aryl methyl sites for hydroxylation is 2. The van der Waals surface area contributed by atoms with Crippen molar-refractivity contribution in [2.45, 2.75) is 31.2 Å². The van der Waals surface area contributed by atoms with Gasteiger partial charge in [0, 0.05) is 25.0 Å². The molecule has 0 unspecified atom stereocenters. The first-order chi connectivity index (χ1) is 10.0. The Balaban J connectivity index is 1.94. The fraction of sp³-hybridized carbons (Fsp3) is 0.385. The average molecular weight is 309 g/mol. The molecule has 114 valence electrons. The molecule has 0 aliphatic rings. The molecule has 0 saturated carbocycles. The molecule has 0 amide bonds. The molecule has 0 spiro atoms. The second-order valence-electron chi connectivity index (χ2n) is 4.67. The zero-order chi connectivity index (χ0) is 15.3. The summed E-state index contributed by atoms with van der Waals surface area (Å²) in [4.78, 5) is 4.13. The Morgan fingerprint density at radius 3 is 2.90 bits per heavy atom. The largest absolute Gasteiger partial charge is 0.325 e. The van der Waals surface area contributed by atoms with Gasteiger partial charge in [-0.1, -0.05) is 0 Å². The van der Waals surface area contributed by atoms with Crippen molar-refractivity contribution >= 4 is 10.0 Å². The standard InChI is InChI=1S/C13H19N5O2S/c1-10-11(9-16-18-10)4-2-7-17-21(19,20)13-5-3-6-15-12(13)8-14/h3,5-6,9,17H,2,4,7-8,14H2,1H3,(H,16,18). The van der Waals surface area contributed by atoms with E-state index in [1.807, 2.05) is 6.92 Å². The van der Waals surface area contributed by atoms with E-state index in [0.29, 0.717) is 18.7 Å². The van der Waals surface area contributed by atoms with E-state index in [0.717, 1.165) is 17.7 Å². The number of hydrogen-bond donors (Lipinski definition) is 3. The third-order valence-electron chi connectivity index (χ3n) is 3.18. The zero-order valence-corrected chi connectivity index (χ0v) is 12.7. The molecule has 2 rings (SSSR count). The van der Waals surface area contributed by atoms with E-state index in [-0.39, 0.29) is 11.4 Å². The molecule has 0 fully saturated rings. The van der Waals surface area contributed by atoms with Gasteiger partial charge < -0.3 is 5.73 Å². The Hall–Kier alpha value is -1.77. The van der Waals surface area contributed by atoms with Gasteiger partial charge >= 0.3 is 0 Å². The summed E-state index contributed by atoms with van der Waals surface area (Å²) < 4.78 is 27.0. The van der Waals surface area contributed by atoms with Crippen LogP contribution in [0.4, 0.5) is 0 Å². The van der Waals surface area contributed by atoms with Crippen LogP contribution >= 0.6 is 0 Å². The Kier molecular flexibility index (Phi) is 5.05. The summed E-state index contributed by atoms with van der Waals surface area (Å²) in [6.45, 7) is 2.38. The highest BCUT2D eigenvalue weighted by Gasteiger charge is 2.17. The second-order valence-corrected chi connectivity index (χ2v) is 6.41. The Bertz CT molecular complexity index is 696.